The zero-order valence-electron chi connectivity index (χ0n) is 12.1. The third-order valence-corrected chi connectivity index (χ3v) is 3.80. The van der Waals surface area contributed by atoms with Gasteiger partial charge < -0.3 is 14.4 Å². The van der Waals surface area contributed by atoms with Gasteiger partial charge in [-0.1, -0.05) is 30.3 Å². The molecular formula is C18H19NO2. The molecule has 1 aromatic heterocycles. The van der Waals surface area contributed by atoms with Crippen LogP contribution in [0.3, 0.4) is 0 Å². The molecule has 1 atom stereocenters. The predicted molar refractivity (Wildman–Crippen MR) is 84.5 cm³/mol. The van der Waals surface area contributed by atoms with Gasteiger partial charge in [0.2, 0.25) is 0 Å². The van der Waals surface area contributed by atoms with Crippen LogP contribution in [-0.4, -0.2) is 16.8 Å². The monoisotopic (exact) mass is 281 g/mol. The van der Waals surface area contributed by atoms with Crippen LogP contribution in [0.15, 0.2) is 60.8 Å². The average molecular weight is 281 g/mol. The fourth-order valence-electron chi connectivity index (χ4n) is 2.59. The molecular weight excluding hydrogens is 262 g/mol. The Bertz CT molecular complexity index is 715. The molecule has 108 valence electrons. The van der Waals surface area contributed by atoms with Crippen LogP contribution >= 0.6 is 0 Å². The summed E-state index contributed by atoms with van der Waals surface area (Å²) in [6.07, 6.45) is 2.96. The van der Waals surface area contributed by atoms with E-state index in [0.717, 1.165) is 23.1 Å². The number of hydrogen-bond donors (Lipinski definition) is 1. The van der Waals surface area contributed by atoms with E-state index < -0.39 is 6.23 Å². The van der Waals surface area contributed by atoms with Crippen molar-refractivity contribution in [3.05, 3.63) is 66.4 Å². The van der Waals surface area contributed by atoms with Gasteiger partial charge in [-0.25, -0.2) is 0 Å². The highest BCUT2D eigenvalue weighted by molar-refractivity contribution is 5.79. The highest BCUT2D eigenvalue weighted by Gasteiger charge is 2.09. The van der Waals surface area contributed by atoms with Crippen LogP contribution in [0, 0.1) is 0 Å². The van der Waals surface area contributed by atoms with Gasteiger partial charge in [-0.05, 0) is 48.1 Å². The Morgan fingerprint density at radius 2 is 1.81 bits per heavy atom. The number of aryl methyl sites for hydroxylation is 1. The second-order valence-electron chi connectivity index (χ2n) is 5.15. The van der Waals surface area contributed by atoms with E-state index in [-0.39, 0.29) is 0 Å². The van der Waals surface area contributed by atoms with Crippen LogP contribution in [0.1, 0.15) is 18.2 Å². The molecule has 0 spiro atoms. The van der Waals surface area contributed by atoms with Crippen molar-refractivity contribution in [1.29, 1.82) is 0 Å². The molecule has 0 aliphatic carbocycles. The molecule has 1 unspecified atom stereocenters. The molecule has 21 heavy (non-hydrogen) atoms. The van der Waals surface area contributed by atoms with Crippen LogP contribution in [0.25, 0.3) is 10.9 Å². The Kier molecular flexibility index (Phi) is 3.93. The molecule has 0 bridgehead atoms. The van der Waals surface area contributed by atoms with Gasteiger partial charge in [0.05, 0.1) is 12.6 Å². The number of aliphatic hydroxyl groups excluding tert-OH is 1. The number of methoxy groups -OCH3 is 1. The Labute approximate surface area is 124 Å². The first kappa shape index (κ1) is 13.7. The Hall–Kier alpha value is -2.26. The van der Waals surface area contributed by atoms with Crippen molar-refractivity contribution < 1.29 is 9.84 Å². The largest absolute Gasteiger partial charge is 0.497 e. The summed E-state index contributed by atoms with van der Waals surface area (Å²) in [6.45, 7) is 0. The van der Waals surface area contributed by atoms with E-state index in [2.05, 4.69) is 6.07 Å². The highest BCUT2D eigenvalue weighted by atomic mass is 16.5. The Morgan fingerprint density at radius 1 is 1.05 bits per heavy atom. The van der Waals surface area contributed by atoms with Crippen LogP contribution in [0.5, 0.6) is 5.75 Å². The van der Waals surface area contributed by atoms with E-state index in [4.69, 9.17) is 4.74 Å². The summed E-state index contributed by atoms with van der Waals surface area (Å²) in [5.41, 5.74) is 2.27. The molecule has 0 saturated heterocycles. The van der Waals surface area contributed by atoms with Crippen molar-refractivity contribution in [2.75, 3.05) is 7.11 Å². The molecule has 3 heteroatoms. The first-order valence-electron chi connectivity index (χ1n) is 7.14. The SMILES string of the molecule is COc1ccc(CCC(O)n2ccc3ccccc32)cc1. The van der Waals surface area contributed by atoms with Gasteiger partial charge in [0, 0.05) is 6.20 Å². The van der Waals surface area contributed by atoms with Crippen LogP contribution < -0.4 is 4.74 Å². The lowest BCUT2D eigenvalue weighted by Gasteiger charge is -2.14. The summed E-state index contributed by atoms with van der Waals surface area (Å²) in [5, 5.41) is 11.6. The third kappa shape index (κ3) is 2.93. The molecule has 3 aromatic rings. The standard InChI is InChI=1S/C18H19NO2/c1-21-16-9-6-14(7-10-16)8-11-18(20)19-13-12-15-4-2-3-5-17(15)19/h2-7,9-10,12-13,18,20H,8,11H2,1H3. The molecule has 0 fully saturated rings. The minimum atomic E-state index is -0.507. The van der Waals surface area contributed by atoms with Crippen molar-refractivity contribution >= 4 is 10.9 Å². The molecule has 1 heterocycles. The van der Waals surface area contributed by atoms with E-state index in [1.54, 1.807) is 7.11 Å². The molecule has 1 N–H and O–H groups in total. The minimum Gasteiger partial charge on any atom is -0.497 e. The number of fused-ring (bicyclic) bond motifs is 1. The van der Waals surface area contributed by atoms with E-state index in [1.807, 2.05) is 59.3 Å². The van der Waals surface area contributed by atoms with E-state index in [1.165, 1.54) is 5.56 Å². The summed E-state index contributed by atoms with van der Waals surface area (Å²) < 4.78 is 7.08. The number of hydrogen-bond acceptors (Lipinski definition) is 2. The van der Waals surface area contributed by atoms with Crippen molar-refractivity contribution in [1.82, 2.24) is 4.57 Å². The van der Waals surface area contributed by atoms with Gasteiger partial charge in [-0.3, -0.25) is 0 Å². The van der Waals surface area contributed by atoms with Gasteiger partial charge in [-0.15, -0.1) is 0 Å². The molecule has 3 nitrogen and oxygen atoms in total. The molecule has 2 aromatic carbocycles. The lowest BCUT2D eigenvalue weighted by atomic mass is 10.1. The average Bonchev–Trinajstić information content (AvgIpc) is 2.97. The molecule has 0 amide bonds. The van der Waals surface area contributed by atoms with Gasteiger partial charge in [0.15, 0.2) is 0 Å². The van der Waals surface area contributed by atoms with Crippen molar-refractivity contribution in [3.8, 4) is 5.75 Å². The molecule has 0 radical (unpaired) electrons. The summed E-state index contributed by atoms with van der Waals surface area (Å²) in [7, 11) is 1.66. The number of aromatic nitrogens is 1. The lowest BCUT2D eigenvalue weighted by molar-refractivity contribution is 0.0995. The number of benzene rings is 2. The predicted octanol–water partition coefficient (Wildman–Crippen LogP) is 3.77. The first-order valence-corrected chi connectivity index (χ1v) is 7.14. The fourth-order valence-corrected chi connectivity index (χ4v) is 2.59. The summed E-state index contributed by atoms with van der Waals surface area (Å²) in [5.74, 6) is 0.857. The van der Waals surface area contributed by atoms with Crippen LogP contribution in [-0.2, 0) is 6.42 Å². The first-order chi connectivity index (χ1) is 10.3. The van der Waals surface area contributed by atoms with Gasteiger partial charge >= 0.3 is 0 Å². The summed E-state index contributed by atoms with van der Waals surface area (Å²) in [6, 6.07) is 18.1. The molecule has 0 saturated carbocycles. The van der Waals surface area contributed by atoms with Crippen LogP contribution in [0.2, 0.25) is 0 Å². The summed E-state index contributed by atoms with van der Waals surface area (Å²) >= 11 is 0. The van der Waals surface area contributed by atoms with Gasteiger partial charge in [0.1, 0.15) is 12.0 Å². The molecule has 0 aliphatic rings. The second-order valence-corrected chi connectivity index (χ2v) is 5.15. The Balaban J connectivity index is 1.69. The summed E-state index contributed by atoms with van der Waals surface area (Å²) in [4.78, 5) is 0. The van der Waals surface area contributed by atoms with Crippen LogP contribution in [0.4, 0.5) is 0 Å². The second kappa shape index (κ2) is 6.02. The van der Waals surface area contributed by atoms with Crippen molar-refractivity contribution in [2.45, 2.75) is 19.1 Å². The number of para-hydroxylation sites is 1. The van der Waals surface area contributed by atoms with E-state index in [0.29, 0.717) is 6.42 Å². The van der Waals surface area contributed by atoms with Crippen molar-refractivity contribution in [3.63, 3.8) is 0 Å². The minimum absolute atomic E-state index is 0.507. The number of aliphatic hydroxyl groups is 1. The number of rotatable bonds is 5. The van der Waals surface area contributed by atoms with E-state index in [9.17, 15) is 5.11 Å². The number of ether oxygens (including phenoxy) is 1. The topological polar surface area (TPSA) is 34.4 Å². The quantitative estimate of drug-likeness (QED) is 0.772. The third-order valence-electron chi connectivity index (χ3n) is 3.80. The Morgan fingerprint density at radius 3 is 2.57 bits per heavy atom. The lowest BCUT2D eigenvalue weighted by Crippen LogP contribution is -2.08. The van der Waals surface area contributed by atoms with Gasteiger partial charge in [0.25, 0.3) is 0 Å². The maximum Gasteiger partial charge on any atom is 0.131 e. The fraction of sp³-hybridized carbons (Fsp3) is 0.222. The highest BCUT2D eigenvalue weighted by Crippen LogP contribution is 2.22. The normalized spacial score (nSPS) is 12.5. The maximum atomic E-state index is 10.4. The zero-order chi connectivity index (χ0) is 14.7. The van der Waals surface area contributed by atoms with Crippen molar-refractivity contribution in [2.24, 2.45) is 0 Å². The maximum absolute atomic E-state index is 10.4. The smallest absolute Gasteiger partial charge is 0.131 e. The van der Waals surface area contributed by atoms with E-state index >= 15 is 0 Å². The zero-order valence-corrected chi connectivity index (χ0v) is 12.1. The molecule has 3 rings (SSSR count). The van der Waals surface area contributed by atoms with Gasteiger partial charge in [-0.2, -0.15) is 0 Å². The number of nitrogens with zero attached hydrogens (tertiary/aromatic N) is 1. The molecule has 0 aliphatic heterocycles.